The lowest BCUT2D eigenvalue weighted by Crippen LogP contribution is -2.42. The molecule has 19 heavy (non-hydrogen) atoms. The maximum Gasteiger partial charge on any atom is 0.326 e. The Morgan fingerprint density at radius 1 is 1.47 bits per heavy atom. The van der Waals surface area contributed by atoms with Crippen LogP contribution in [0, 0.1) is 5.82 Å². The van der Waals surface area contributed by atoms with Crippen LogP contribution in [0.2, 0.25) is 0 Å². The number of hydrogen-bond donors (Lipinski definition) is 3. The molecule has 1 aromatic rings. The van der Waals surface area contributed by atoms with Crippen molar-refractivity contribution in [2.45, 2.75) is 25.8 Å². The number of carbonyl (C=O) groups is 2. The van der Waals surface area contributed by atoms with Gasteiger partial charge >= 0.3 is 12.0 Å². The number of carboxylic acids is 1. The van der Waals surface area contributed by atoms with E-state index in [1.807, 2.05) is 6.92 Å². The van der Waals surface area contributed by atoms with E-state index in [0.717, 1.165) is 0 Å². The molecule has 0 saturated carbocycles. The van der Waals surface area contributed by atoms with E-state index in [1.165, 1.54) is 18.2 Å². The SMILES string of the molecule is CCCC(NC(=O)Nc1ccc(F)c(Br)c1)C(=O)O. The molecule has 1 atom stereocenters. The molecular formula is C12H14BrFN2O3. The molecule has 2 amide bonds. The lowest BCUT2D eigenvalue weighted by molar-refractivity contribution is -0.139. The highest BCUT2D eigenvalue weighted by Crippen LogP contribution is 2.19. The van der Waals surface area contributed by atoms with E-state index in [9.17, 15) is 14.0 Å². The molecule has 0 fully saturated rings. The van der Waals surface area contributed by atoms with Gasteiger partial charge in [-0.05, 0) is 40.5 Å². The van der Waals surface area contributed by atoms with Crippen molar-refractivity contribution in [1.29, 1.82) is 0 Å². The average Bonchev–Trinajstić information content (AvgIpc) is 2.33. The Balaban J connectivity index is 2.63. The normalized spacial score (nSPS) is 11.7. The number of urea groups is 1. The molecule has 0 spiro atoms. The summed E-state index contributed by atoms with van der Waals surface area (Å²) in [6.45, 7) is 1.83. The van der Waals surface area contributed by atoms with Crippen LogP contribution in [0.3, 0.4) is 0 Å². The molecule has 1 aromatic carbocycles. The summed E-state index contributed by atoms with van der Waals surface area (Å²) in [6, 6.07) is 2.40. The zero-order valence-corrected chi connectivity index (χ0v) is 11.8. The van der Waals surface area contributed by atoms with Gasteiger partial charge in [-0.2, -0.15) is 0 Å². The second-order valence-electron chi connectivity index (χ2n) is 3.91. The van der Waals surface area contributed by atoms with Gasteiger partial charge in [0.15, 0.2) is 0 Å². The van der Waals surface area contributed by atoms with Crippen LogP contribution in [0.15, 0.2) is 22.7 Å². The molecule has 3 N–H and O–H groups in total. The summed E-state index contributed by atoms with van der Waals surface area (Å²) >= 11 is 2.99. The van der Waals surface area contributed by atoms with E-state index in [0.29, 0.717) is 18.5 Å². The molecular weight excluding hydrogens is 319 g/mol. The summed E-state index contributed by atoms with van der Waals surface area (Å²) in [6.07, 6.45) is 0.981. The standard InChI is InChI=1S/C12H14BrFN2O3/c1-2-3-10(11(17)18)16-12(19)15-7-4-5-9(14)8(13)6-7/h4-6,10H,2-3H2,1H3,(H,17,18)(H2,15,16,19). The lowest BCUT2D eigenvalue weighted by atomic mass is 10.2. The van der Waals surface area contributed by atoms with Crippen LogP contribution in [0.4, 0.5) is 14.9 Å². The number of aliphatic carboxylic acids is 1. The number of halogens is 2. The first-order valence-corrected chi connectivity index (χ1v) is 6.48. The number of anilines is 1. The third-order valence-electron chi connectivity index (χ3n) is 2.36. The van der Waals surface area contributed by atoms with Crippen LogP contribution < -0.4 is 10.6 Å². The summed E-state index contributed by atoms with van der Waals surface area (Å²) in [7, 11) is 0. The van der Waals surface area contributed by atoms with Gasteiger partial charge in [-0.1, -0.05) is 13.3 Å². The molecule has 104 valence electrons. The van der Waals surface area contributed by atoms with Crippen molar-refractivity contribution in [3.8, 4) is 0 Å². The van der Waals surface area contributed by atoms with Gasteiger partial charge in [0.25, 0.3) is 0 Å². The van der Waals surface area contributed by atoms with Crippen molar-refractivity contribution in [3.63, 3.8) is 0 Å². The molecule has 0 radical (unpaired) electrons. The molecule has 0 saturated heterocycles. The van der Waals surface area contributed by atoms with Crippen LogP contribution >= 0.6 is 15.9 Å². The van der Waals surface area contributed by atoms with E-state index in [2.05, 4.69) is 26.6 Å². The second kappa shape index (κ2) is 7.08. The molecule has 5 nitrogen and oxygen atoms in total. The van der Waals surface area contributed by atoms with E-state index in [4.69, 9.17) is 5.11 Å². The predicted molar refractivity (Wildman–Crippen MR) is 72.6 cm³/mol. The highest BCUT2D eigenvalue weighted by Gasteiger charge is 2.18. The largest absolute Gasteiger partial charge is 0.480 e. The first-order valence-electron chi connectivity index (χ1n) is 5.69. The summed E-state index contributed by atoms with van der Waals surface area (Å²) < 4.78 is 13.2. The summed E-state index contributed by atoms with van der Waals surface area (Å²) in [5, 5.41) is 13.7. The Hall–Kier alpha value is -1.63. The van der Waals surface area contributed by atoms with Gasteiger partial charge in [0.2, 0.25) is 0 Å². The van der Waals surface area contributed by atoms with Crippen molar-refractivity contribution < 1.29 is 19.1 Å². The molecule has 0 aliphatic rings. The summed E-state index contributed by atoms with van der Waals surface area (Å²) in [5.74, 6) is -1.53. The van der Waals surface area contributed by atoms with Crippen LogP contribution in [-0.4, -0.2) is 23.1 Å². The number of nitrogens with one attached hydrogen (secondary N) is 2. The monoisotopic (exact) mass is 332 g/mol. The molecule has 0 aliphatic carbocycles. The third kappa shape index (κ3) is 4.86. The molecule has 1 rings (SSSR count). The topological polar surface area (TPSA) is 78.4 Å². The maximum atomic E-state index is 13.0. The lowest BCUT2D eigenvalue weighted by Gasteiger charge is -2.14. The predicted octanol–water partition coefficient (Wildman–Crippen LogP) is 2.96. The minimum absolute atomic E-state index is 0.216. The molecule has 0 aliphatic heterocycles. The third-order valence-corrected chi connectivity index (χ3v) is 2.97. The first kappa shape index (κ1) is 15.4. The van der Waals surface area contributed by atoms with Crippen molar-refractivity contribution in [2.75, 3.05) is 5.32 Å². The molecule has 0 aromatic heterocycles. The molecule has 0 bridgehead atoms. The Morgan fingerprint density at radius 3 is 2.68 bits per heavy atom. The fourth-order valence-corrected chi connectivity index (χ4v) is 1.82. The van der Waals surface area contributed by atoms with Crippen LogP contribution in [0.25, 0.3) is 0 Å². The Morgan fingerprint density at radius 2 is 2.16 bits per heavy atom. The highest BCUT2D eigenvalue weighted by molar-refractivity contribution is 9.10. The van der Waals surface area contributed by atoms with Gasteiger partial charge in [0.05, 0.1) is 4.47 Å². The van der Waals surface area contributed by atoms with Crippen molar-refractivity contribution in [1.82, 2.24) is 5.32 Å². The highest BCUT2D eigenvalue weighted by atomic mass is 79.9. The van der Waals surface area contributed by atoms with Crippen LogP contribution in [0.1, 0.15) is 19.8 Å². The van der Waals surface area contributed by atoms with E-state index >= 15 is 0 Å². The van der Waals surface area contributed by atoms with Crippen LogP contribution in [-0.2, 0) is 4.79 Å². The fourth-order valence-electron chi connectivity index (χ4n) is 1.45. The summed E-state index contributed by atoms with van der Waals surface area (Å²) in [5.41, 5.74) is 0.367. The van der Waals surface area contributed by atoms with Gasteiger partial charge in [0.1, 0.15) is 11.9 Å². The Labute approximate surface area is 118 Å². The molecule has 7 heteroatoms. The van der Waals surface area contributed by atoms with Gasteiger partial charge in [-0.15, -0.1) is 0 Å². The van der Waals surface area contributed by atoms with Crippen molar-refractivity contribution in [3.05, 3.63) is 28.5 Å². The quantitative estimate of drug-likeness (QED) is 0.775. The number of carbonyl (C=O) groups excluding carboxylic acids is 1. The zero-order valence-electron chi connectivity index (χ0n) is 10.2. The van der Waals surface area contributed by atoms with Gasteiger partial charge in [-0.25, -0.2) is 14.0 Å². The van der Waals surface area contributed by atoms with Crippen LogP contribution in [0.5, 0.6) is 0 Å². The Kier molecular flexibility index (Phi) is 5.75. The van der Waals surface area contributed by atoms with Crippen molar-refractivity contribution >= 4 is 33.6 Å². The number of rotatable bonds is 5. The van der Waals surface area contributed by atoms with Crippen molar-refractivity contribution in [2.24, 2.45) is 0 Å². The second-order valence-corrected chi connectivity index (χ2v) is 4.76. The number of hydrogen-bond acceptors (Lipinski definition) is 2. The average molecular weight is 333 g/mol. The van der Waals surface area contributed by atoms with E-state index < -0.39 is 23.9 Å². The molecule has 1 unspecified atom stereocenters. The minimum Gasteiger partial charge on any atom is -0.480 e. The number of carboxylic acid groups (broad SMARTS) is 1. The van der Waals surface area contributed by atoms with Gasteiger partial charge in [0, 0.05) is 5.69 Å². The zero-order chi connectivity index (χ0) is 14.4. The number of amides is 2. The smallest absolute Gasteiger partial charge is 0.326 e. The summed E-state index contributed by atoms with van der Waals surface area (Å²) in [4.78, 5) is 22.5. The van der Waals surface area contributed by atoms with E-state index in [1.54, 1.807) is 0 Å². The molecule has 0 heterocycles. The maximum absolute atomic E-state index is 13.0. The van der Waals surface area contributed by atoms with E-state index in [-0.39, 0.29) is 4.47 Å². The number of benzene rings is 1. The van der Waals surface area contributed by atoms with Gasteiger partial charge < -0.3 is 15.7 Å². The fraction of sp³-hybridized carbons (Fsp3) is 0.333. The van der Waals surface area contributed by atoms with Gasteiger partial charge in [-0.3, -0.25) is 0 Å². The minimum atomic E-state index is -1.09. The first-order chi connectivity index (χ1) is 8.93. The Bertz CT molecular complexity index is 482.